The van der Waals surface area contributed by atoms with Crippen molar-refractivity contribution in [3.05, 3.63) is 0 Å². The van der Waals surface area contributed by atoms with Crippen LogP contribution in [0, 0.1) is 0 Å². The summed E-state index contributed by atoms with van der Waals surface area (Å²) in [5.41, 5.74) is 0.0880. The van der Waals surface area contributed by atoms with Crippen LogP contribution < -0.4 is 0 Å². The molecule has 0 aliphatic heterocycles. The van der Waals surface area contributed by atoms with E-state index in [1.165, 1.54) is 141 Å². The quantitative estimate of drug-likeness (QED) is 0.342. The normalized spacial score (nSPS) is 22.3. The zero-order valence-corrected chi connectivity index (χ0v) is 24.9. The highest BCUT2D eigenvalue weighted by Gasteiger charge is 2.34. The second-order valence-corrected chi connectivity index (χ2v) is 13.4. The van der Waals surface area contributed by atoms with Gasteiger partial charge in [-0.2, -0.15) is 0 Å². The van der Waals surface area contributed by atoms with Crippen molar-refractivity contribution < 1.29 is 13.6 Å². The summed E-state index contributed by atoms with van der Waals surface area (Å²) in [6.45, 7) is 4.84. The fourth-order valence-electron chi connectivity index (χ4n) is 5.72. The van der Waals surface area contributed by atoms with Gasteiger partial charge in [0.1, 0.15) is 0 Å². The molecule has 1 fully saturated rings. The van der Waals surface area contributed by atoms with Gasteiger partial charge in [-0.1, -0.05) is 154 Å². The van der Waals surface area contributed by atoms with Gasteiger partial charge in [0.15, 0.2) is 0 Å². The number of hydrogen-bond donors (Lipinski definition) is 0. The summed E-state index contributed by atoms with van der Waals surface area (Å²) in [6, 6.07) is 0. The highest BCUT2D eigenvalue weighted by Crippen LogP contribution is 2.56. The first-order chi connectivity index (χ1) is 17.2. The molecular formula is C31H63O3P. The Bertz CT molecular complexity index is 444. The minimum Gasteiger partial charge on any atom is -0.309 e. The predicted molar refractivity (Wildman–Crippen MR) is 155 cm³/mol. The maximum absolute atomic E-state index is 13.5. The average Bonchev–Trinajstić information content (AvgIpc) is 2.84. The van der Waals surface area contributed by atoms with E-state index in [-0.39, 0.29) is 5.66 Å². The lowest BCUT2D eigenvalue weighted by molar-refractivity contribution is 0.208. The third kappa shape index (κ3) is 19.0. The Morgan fingerprint density at radius 3 is 0.829 bits per heavy atom. The molecule has 4 heteroatoms. The Morgan fingerprint density at radius 1 is 0.429 bits per heavy atom. The van der Waals surface area contributed by atoms with E-state index in [0.717, 1.165) is 25.7 Å². The van der Waals surface area contributed by atoms with Gasteiger partial charge in [-0.05, 0) is 26.7 Å². The molecule has 210 valence electrons. The molecule has 0 aromatic carbocycles. The van der Waals surface area contributed by atoms with E-state index in [2.05, 4.69) is 0 Å². The van der Waals surface area contributed by atoms with Crippen LogP contribution in [-0.2, 0) is 13.6 Å². The van der Waals surface area contributed by atoms with E-state index in [9.17, 15) is 4.57 Å². The van der Waals surface area contributed by atoms with Crippen molar-refractivity contribution in [1.82, 2.24) is 0 Å². The Balaban J connectivity index is 2.43. The third-order valence-corrected chi connectivity index (χ3v) is 10.5. The van der Waals surface area contributed by atoms with Crippen molar-refractivity contribution in [3.8, 4) is 0 Å². The van der Waals surface area contributed by atoms with Crippen molar-refractivity contribution in [1.29, 1.82) is 0 Å². The topological polar surface area (TPSA) is 35.5 Å². The van der Waals surface area contributed by atoms with Gasteiger partial charge < -0.3 is 9.05 Å². The molecule has 1 aliphatic carbocycles. The predicted octanol–water partition coefficient (Wildman–Crippen LogP) is 11.8. The summed E-state index contributed by atoms with van der Waals surface area (Å²) in [4.78, 5) is 0. The molecule has 0 heterocycles. The monoisotopic (exact) mass is 514 g/mol. The largest absolute Gasteiger partial charge is 0.333 e. The zero-order chi connectivity index (χ0) is 25.3. The van der Waals surface area contributed by atoms with Gasteiger partial charge in [0.25, 0.3) is 0 Å². The van der Waals surface area contributed by atoms with Crippen LogP contribution in [0.2, 0.25) is 0 Å². The van der Waals surface area contributed by atoms with Gasteiger partial charge >= 0.3 is 7.60 Å². The summed E-state index contributed by atoms with van der Waals surface area (Å²) < 4.78 is 25.0. The smallest absolute Gasteiger partial charge is 0.309 e. The van der Waals surface area contributed by atoms with Crippen LogP contribution in [0.15, 0.2) is 0 Å². The van der Waals surface area contributed by atoms with Gasteiger partial charge in [0, 0.05) is 0 Å². The zero-order valence-electron chi connectivity index (χ0n) is 24.0. The lowest BCUT2D eigenvalue weighted by atomic mass is 10.0. The van der Waals surface area contributed by atoms with Crippen LogP contribution in [0.1, 0.15) is 181 Å². The summed E-state index contributed by atoms with van der Waals surface area (Å²) in [5.74, 6) is 0. The van der Waals surface area contributed by atoms with Crippen molar-refractivity contribution in [2.24, 2.45) is 0 Å². The van der Waals surface area contributed by atoms with Crippen LogP contribution in [0.25, 0.3) is 0 Å². The van der Waals surface area contributed by atoms with E-state index in [4.69, 9.17) is 9.05 Å². The first-order valence-corrected chi connectivity index (χ1v) is 17.7. The van der Waals surface area contributed by atoms with E-state index in [1.54, 1.807) is 0 Å². The number of rotatable bonds is 5. The molecule has 1 rings (SSSR count). The van der Waals surface area contributed by atoms with E-state index in [0.29, 0.717) is 13.2 Å². The molecule has 0 radical (unpaired) electrons. The molecule has 1 aliphatic rings. The second kappa shape index (κ2) is 24.5. The molecule has 1 saturated carbocycles. The molecule has 0 amide bonds. The maximum Gasteiger partial charge on any atom is 0.333 e. The highest BCUT2D eigenvalue weighted by molar-refractivity contribution is 7.54. The average molecular weight is 515 g/mol. The third-order valence-electron chi connectivity index (χ3n) is 7.89. The van der Waals surface area contributed by atoms with Crippen LogP contribution in [0.3, 0.4) is 0 Å². The molecule has 0 atom stereocenters. The Kier molecular flexibility index (Phi) is 23.2. The standard InChI is InChI=1S/C31H63O3P/c1-3-33-35(32,34-4-2)31-29-27-25-23-21-19-17-15-13-11-9-7-5-6-8-10-12-14-16-18-20-22-24-26-28-30-31/h31H,3-30H2,1-2H3. The minimum atomic E-state index is -2.98. The molecule has 0 saturated heterocycles. The van der Waals surface area contributed by atoms with E-state index in [1.807, 2.05) is 13.8 Å². The van der Waals surface area contributed by atoms with Gasteiger partial charge in [-0.3, -0.25) is 4.57 Å². The Morgan fingerprint density at radius 2 is 0.629 bits per heavy atom. The second-order valence-electron chi connectivity index (χ2n) is 11.1. The first kappa shape index (κ1) is 33.2. The summed E-state index contributed by atoms with van der Waals surface area (Å²) >= 11 is 0. The summed E-state index contributed by atoms with van der Waals surface area (Å²) in [7, 11) is -2.98. The molecule has 35 heavy (non-hydrogen) atoms. The molecule has 0 aromatic rings. The van der Waals surface area contributed by atoms with Crippen LogP contribution in [0.4, 0.5) is 0 Å². The maximum atomic E-state index is 13.5. The lowest BCUT2D eigenvalue weighted by Crippen LogP contribution is -2.14. The van der Waals surface area contributed by atoms with Crippen molar-refractivity contribution in [3.63, 3.8) is 0 Å². The van der Waals surface area contributed by atoms with E-state index >= 15 is 0 Å². The van der Waals surface area contributed by atoms with Gasteiger partial charge in [-0.25, -0.2) is 0 Å². The minimum absolute atomic E-state index is 0.0880. The van der Waals surface area contributed by atoms with Gasteiger partial charge in [-0.15, -0.1) is 0 Å². The van der Waals surface area contributed by atoms with Crippen molar-refractivity contribution >= 4 is 7.60 Å². The lowest BCUT2D eigenvalue weighted by Gasteiger charge is -2.26. The Hall–Kier alpha value is 0.150. The molecule has 0 spiro atoms. The molecule has 0 unspecified atom stereocenters. The molecular weight excluding hydrogens is 451 g/mol. The first-order valence-electron chi connectivity index (χ1n) is 16.1. The van der Waals surface area contributed by atoms with Gasteiger partial charge in [0.05, 0.1) is 18.9 Å². The van der Waals surface area contributed by atoms with Crippen molar-refractivity contribution in [2.45, 2.75) is 186 Å². The SMILES string of the molecule is CCOP(=O)(OCC)C1CCCCCCCCCCCCCCCCCCCCCCCCCC1. The molecule has 0 N–H and O–H groups in total. The fourth-order valence-corrected chi connectivity index (χ4v) is 7.93. The summed E-state index contributed by atoms with van der Waals surface area (Å²) in [5, 5.41) is 0. The highest BCUT2D eigenvalue weighted by atomic mass is 31.2. The molecule has 0 aromatic heterocycles. The number of hydrogen-bond acceptors (Lipinski definition) is 3. The molecule has 3 nitrogen and oxygen atoms in total. The van der Waals surface area contributed by atoms with Crippen LogP contribution in [0.5, 0.6) is 0 Å². The summed E-state index contributed by atoms with van der Waals surface area (Å²) in [6.07, 6.45) is 35.2. The van der Waals surface area contributed by atoms with Crippen LogP contribution in [-0.4, -0.2) is 18.9 Å². The van der Waals surface area contributed by atoms with Crippen molar-refractivity contribution in [2.75, 3.05) is 13.2 Å². The molecule has 0 bridgehead atoms. The van der Waals surface area contributed by atoms with Crippen LogP contribution >= 0.6 is 7.60 Å². The fraction of sp³-hybridized carbons (Fsp3) is 1.00. The Labute approximate surface area is 220 Å². The van der Waals surface area contributed by atoms with Gasteiger partial charge in [0.2, 0.25) is 0 Å². The van der Waals surface area contributed by atoms with E-state index < -0.39 is 7.60 Å².